The van der Waals surface area contributed by atoms with E-state index in [0.717, 1.165) is 11.4 Å². The fourth-order valence-electron chi connectivity index (χ4n) is 2.07. The Kier molecular flexibility index (Phi) is 3.39. The maximum absolute atomic E-state index is 5.86. The van der Waals surface area contributed by atoms with Gasteiger partial charge in [-0.1, -0.05) is 12.1 Å². The number of oxazole rings is 1. The number of nitrogens with zero attached hydrogens (tertiary/aromatic N) is 2. The molecule has 0 aliphatic carbocycles. The largest absolute Gasteiger partial charge is 0.484 e. The van der Waals surface area contributed by atoms with Gasteiger partial charge in [0.2, 0.25) is 5.89 Å². The lowest BCUT2D eigenvalue weighted by atomic mass is 10.3. The van der Waals surface area contributed by atoms with Gasteiger partial charge in [0.05, 0.1) is 5.69 Å². The van der Waals surface area contributed by atoms with Gasteiger partial charge in [-0.05, 0) is 24.3 Å². The SMILES string of the molecule is CN(C)c1cccc(OCc2nc3c(N)cccc3o2)c1. The standard InChI is InChI=1S/C16H17N3O2/c1-19(2)11-5-3-6-12(9-11)20-10-15-18-16-13(17)7-4-8-14(16)21-15/h3-9H,10,17H2,1-2H3. The van der Waals surface area contributed by atoms with Crippen molar-refractivity contribution in [3.63, 3.8) is 0 Å². The molecule has 1 heterocycles. The Morgan fingerprint density at radius 2 is 2.00 bits per heavy atom. The van der Waals surface area contributed by atoms with Crippen molar-refractivity contribution in [2.24, 2.45) is 0 Å². The smallest absolute Gasteiger partial charge is 0.233 e. The predicted octanol–water partition coefficient (Wildman–Crippen LogP) is 3.06. The zero-order valence-corrected chi connectivity index (χ0v) is 12.0. The summed E-state index contributed by atoms with van der Waals surface area (Å²) in [7, 11) is 3.98. The molecule has 0 saturated heterocycles. The van der Waals surface area contributed by atoms with Crippen LogP contribution in [0.4, 0.5) is 11.4 Å². The minimum atomic E-state index is 0.269. The van der Waals surface area contributed by atoms with Crippen molar-refractivity contribution < 1.29 is 9.15 Å². The van der Waals surface area contributed by atoms with E-state index in [4.69, 9.17) is 14.9 Å². The fourth-order valence-corrected chi connectivity index (χ4v) is 2.07. The number of ether oxygens (including phenoxy) is 1. The molecule has 0 aliphatic heterocycles. The van der Waals surface area contributed by atoms with Gasteiger partial charge in [-0.25, -0.2) is 4.98 Å². The summed E-state index contributed by atoms with van der Waals surface area (Å²) in [4.78, 5) is 6.38. The molecule has 0 fully saturated rings. The molecule has 0 atom stereocenters. The fraction of sp³-hybridized carbons (Fsp3) is 0.188. The third-order valence-corrected chi connectivity index (χ3v) is 3.19. The quantitative estimate of drug-likeness (QED) is 0.745. The summed E-state index contributed by atoms with van der Waals surface area (Å²) in [5.74, 6) is 1.29. The maximum atomic E-state index is 5.86. The van der Waals surface area contributed by atoms with Crippen LogP contribution in [0.5, 0.6) is 5.75 Å². The molecule has 1 aromatic heterocycles. The lowest BCUT2D eigenvalue weighted by Gasteiger charge is -2.13. The Hall–Kier alpha value is -2.69. The first-order chi connectivity index (χ1) is 10.1. The van der Waals surface area contributed by atoms with E-state index in [-0.39, 0.29) is 6.61 Å². The summed E-state index contributed by atoms with van der Waals surface area (Å²) < 4.78 is 11.4. The highest BCUT2D eigenvalue weighted by atomic mass is 16.5. The van der Waals surface area contributed by atoms with Crippen LogP contribution in [0, 0.1) is 0 Å². The number of nitrogen functional groups attached to an aromatic ring is 1. The van der Waals surface area contributed by atoms with E-state index < -0.39 is 0 Å². The lowest BCUT2D eigenvalue weighted by Crippen LogP contribution is -2.08. The minimum absolute atomic E-state index is 0.269. The summed E-state index contributed by atoms with van der Waals surface area (Å²) >= 11 is 0. The second kappa shape index (κ2) is 5.36. The monoisotopic (exact) mass is 283 g/mol. The van der Waals surface area contributed by atoms with Crippen molar-refractivity contribution in [1.82, 2.24) is 4.98 Å². The number of hydrogen-bond acceptors (Lipinski definition) is 5. The first kappa shape index (κ1) is 13.3. The highest BCUT2D eigenvalue weighted by molar-refractivity contribution is 5.85. The topological polar surface area (TPSA) is 64.5 Å². The number of rotatable bonds is 4. The predicted molar refractivity (Wildman–Crippen MR) is 83.5 cm³/mol. The molecule has 108 valence electrons. The molecule has 0 saturated carbocycles. The molecule has 3 aromatic rings. The van der Waals surface area contributed by atoms with Gasteiger partial charge in [-0.15, -0.1) is 0 Å². The number of para-hydroxylation sites is 1. The number of aromatic nitrogens is 1. The van der Waals surface area contributed by atoms with Crippen molar-refractivity contribution in [1.29, 1.82) is 0 Å². The van der Waals surface area contributed by atoms with Crippen molar-refractivity contribution in [2.75, 3.05) is 24.7 Å². The number of anilines is 2. The number of benzene rings is 2. The Morgan fingerprint density at radius 3 is 2.76 bits per heavy atom. The molecule has 21 heavy (non-hydrogen) atoms. The Morgan fingerprint density at radius 1 is 1.19 bits per heavy atom. The zero-order chi connectivity index (χ0) is 14.8. The highest BCUT2D eigenvalue weighted by Gasteiger charge is 2.09. The average Bonchev–Trinajstić information content (AvgIpc) is 2.90. The second-order valence-corrected chi connectivity index (χ2v) is 4.98. The molecule has 2 aromatic carbocycles. The van der Waals surface area contributed by atoms with Crippen LogP contribution < -0.4 is 15.4 Å². The van der Waals surface area contributed by atoms with Gasteiger partial charge in [0.15, 0.2) is 12.2 Å². The number of fused-ring (bicyclic) bond motifs is 1. The molecule has 0 amide bonds. The molecule has 3 rings (SSSR count). The molecule has 0 unspecified atom stereocenters. The van der Waals surface area contributed by atoms with Crippen molar-refractivity contribution in [3.8, 4) is 5.75 Å². The van der Waals surface area contributed by atoms with Gasteiger partial charge in [0.1, 0.15) is 11.3 Å². The van der Waals surface area contributed by atoms with Crippen LogP contribution in [0.15, 0.2) is 46.9 Å². The van der Waals surface area contributed by atoms with E-state index in [1.165, 1.54) is 0 Å². The Bertz CT molecular complexity index is 765. The average molecular weight is 283 g/mol. The zero-order valence-electron chi connectivity index (χ0n) is 12.0. The molecular formula is C16H17N3O2. The van der Waals surface area contributed by atoms with E-state index >= 15 is 0 Å². The molecule has 0 radical (unpaired) electrons. The first-order valence-electron chi connectivity index (χ1n) is 6.67. The molecule has 0 spiro atoms. The van der Waals surface area contributed by atoms with E-state index in [9.17, 15) is 0 Å². The summed E-state index contributed by atoms with van der Waals surface area (Å²) in [6.45, 7) is 0.269. The summed E-state index contributed by atoms with van der Waals surface area (Å²) in [6, 6.07) is 13.3. The van der Waals surface area contributed by atoms with Crippen LogP contribution in [-0.2, 0) is 6.61 Å². The van der Waals surface area contributed by atoms with E-state index in [1.54, 1.807) is 6.07 Å². The van der Waals surface area contributed by atoms with E-state index in [2.05, 4.69) is 4.98 Å². The van der Waals surface area contributed by atoms with Gasteiger partial charge in [-0.3, -0.25) is 0 Å². The van der Waals surface area contributed by atoms with Gasteiger partial charge >= 0.3 is 0 Å². The first-order valence-corrected chi connectivity index (χ1v) is 6.67. The number of nitrogens with two attached hydrogens (primary N) is 1. The third-order valence-electron chi connectivity index (χ3n) is 3.19. The van der Waals surface area contributed by atoms with Crippen molar-refractivity contribution in [2.45, 2.75) is 6.61 Å². The highest BCUT2D eigenvalue weighted by Crippen LogP contribution is 2.23. The van der Waals surface area contributed by atoms with Crippen LogP contribution >= 0.6 is 0 Å². The van der Waals surface area contributed by atoms with Crippen LogP contribution in [0.2, 0.25) is 0 Å². The maximum Gasteiger partial charge on any atom is 0.233 e. The van der Waals surface area contributed by atoms with Crippen molar-refractivity contribution >= 4 is 22.5 Å². The molecule has 5 heteroatoms. The van der Waals surface area contributed by atoms with Crippen LogP contribution in [-0.4, -0.2) is 19.1 Å². The van der Waals surface area contributed by atoms with Gasteiger partial charge in [0.25, 0.3) is 0 Å². The minimum Gasteiger partial charge on any atom is -0.484 e. The lowest BCUT2D eigenvalue weighted by molar-refractivity contribution is 0.267. The summed E-state index contributed by atoms with van der Waals surface area (Å²) in [6.07, 6.45) is 0. The van der Waals surface area contributed by atoms with Gasteiger partial charge in [-0.2, -0.15) is 0 Å². The number of hydrogen-bond donors (Lipinski definition) is 1. The third kappa shape index (κ3) is 2.76. The second-order valence-electron chi connectivity index (χ2n) is 4.98. The molecular weight excluding hydrogens is 266 g/mol. The summed E-state index contributed by atoms with van der Waals surface area (Å²) in [5, 5.41) is 0. The van der Waals surface area contributed by atoms with Gasteiger partial charge < -0.3 is 19.8 Å². The van der Waals surface area contributed by atoms with Crippen LogP contribution in [0.25, 0.3) is 11.1 Å². The molecule has 5 nitrogen and oxygen atoms in total. The molecule has 0 bridgehead atoms. The Balaban J connectivity index is 1.77. The summed E-state index contributed by atoms with van der Waals surface area (Å²) in [5.41, 5.74) is 8.90. The van der Waals surface area contributed by atoms with Crippen LogP contribution in [0.3, 0.4) is 0 Å². The molecule has 0 aliphatic rings. The molecule has 2 N–H and O–H groups in total. The van der Waals surface area contributed by atoms with Gasteiger partial charge in [0, 0.05) is 25.8 Å². The Labute approximate surface area is 122 Å². The van der Waals surface area contributed by atoms with Crippen LogP contribution in [0.1, 0.15) is 5.89 Å². The van der Waals surface area contributed by atoms with Crippen molar-refractivity contribution in [3.05, 3.63) is 48.4 Å². The normalized spacial score (nSPS) is 10.8. The van der Waals surface area contributed by atoms with E-state index in [1.807, 2.05) is 55.4 Å². The van der Waals surface area contributed by atoms with E-state index in [0.29, 0.717) is 22.7 Å².